The van der Waals surface area contributed by atoms with E-state index in [1.807, 2.05) is 42.5 Å². The molecule has 1 atom stereocenters. The molecule has 1 heterocycles. The van der Waals surface area contributed by atoms with Gasteiger partial charge in [0.1, 0.15) is 5.01 Å². The monoisotopic (exact) mass is 270 g/mol. The molecule has 1 unspecified atom stereocenters. The Morgan fingerprint density at radius 1 is 1.11 bits per heavy atom. The Balaban J connectivity index is 2.15. The molecule has 0 radical (unpaired) electrons. The van der Waals surface area contributed by atoms with Crippen LogP contribution in [0.5, 0.6) is 0 Å². The zero-order chi connectivity index (χ0) is 13.2. The van der Waals surface area contributed by atoms with Crippen molar-refractivity contribution in [2.45, 2.75) is 6.04 Å². The molecule has 0 amide bonds. The van der Waals surface area contributed by atoms with Gasteiger partial charge in [0.15, 0.2) is 0 Å². The first-order valence-corrected chi connectivity index (χ1v) is 6.92. The van der Waals surface area contributed by atoms with Crippen molar-refractivity contribution in [3.05, 3.63) is 54.1 Å². The molecule has 0 aliphatic heterocycles. The minimum Gasteiger partial charge on any atom is -0.394 e. The number of nitrogens with two attached hydrogens (primary N) is 1. The van der Waals surface area contributed by atoms with E-state index >= 15 is 0 Å². The molecule has 3 aromatic rings. The number of hydrogen-bond donors (Lipinski definition) is 2. The Morgan fingerprint density at radius 2 is 1.84 bits per heavy atom. The van der Waals surface area contributed by atoms with Gasteiger partial charge >= 0.3 is 0 Å². The number of nitrogens with zero attached hydrogens (tertiary/aromatic N) is 1. The van der Waals surface area contributed by atoms with Crippen LogP contribution in [0, 0.1) is 0 Å². The third-order valence-electron chi connectivity index (χ3n) is 3.08. The molecule has 0 saturated heterocycles. The molecule has 0 bridgehead atoms. The largest absolute Gasteiger partial charge is 0.394 e. The molecule has 3 N–H and O–H groups in total. The summed E-state index contributed by atoms with van der Waals surface area (Å²) >= 11 is 1.64. The summed E-state index contributed by atoms with van der Waals surface area (Å²) in [6.07, 6.45) is 0. The van der Waals surface area contributed by atoms with Crippen molar-refractivity contribution in [3.63, 3.8) is 0 Å². The molecular formula is C15H14N2OS. The number of para-hydroxylation sites is 1. The zero-order valence-corrected chi connectivity index (χ0v) is 11.1. The predicted molar refractivity (Wildman–Crippen MR) is 79.1 cm³/mol. The van der Waals surface area contributed by atoms with E-state index in [0.29, 0.717) is 0 Å². The van der Waals surface area contributed by atoms with Crippen molar-refractivity contribution < 1.29 is 5.11 Å². The van der Waals surface area contributed by atoms with Crippen molar-refractivity contribution in [1.82, 2.24) is 4.98 Å². The Bertz CT molecular complexity index is 675. The van der Waals surface area contributed by atoms with Crippen molar-refractivity contribution in [2.75, 3.05) is 6.61 Å². The fraction of sp³-hybridized carbons (Fsp3) is 0.133. The standard InChI is InChI=1S/C15H14N2OS/c16-12(9-18)10-5-1-2-6-11(10)15-17-13-7-3-4-8-14(13)19-15/h1-8,12,18H,9,16H2. The SMILES string of the molecule is NC(CO)c1ccccc1-c1nc2ccccc2s1. The van der Waals surface area contributed by atoms with Crippen molar-refractivity contribution in [1.29, 1.82) is 0 Å². The molecule has 96 valence electrons. The number of thiazole rings is 1. The highest BCUT2D eigenvalue weighted by molar-refractivity contribution is 7.21. The van der Waals surface area contributed by atoms with Crippen LogP contribution in [0.1, 0.15) is 11.6 Å². The van der Waals surface area contributed by atoms with Crippen LogP contribution in [-0.4, -0.2) is 16.7 Å². The summed E-state index contributed by atoms with van der Waals surface area (Å²) in [5.41, 5.74) is 8.89. The van der Waals surface area contributed by atoms with Crippen LogP contribution in [0.2, 0.25) is 0 Å². The Morgan fingerprint density at radius 3 is 2.63 bits per heavy atom. The topological polar surface area (TPSA) is 59.1 Å². The Labute approximate surface area is 115 Å². The minimum atomic E-state index is -0.372. The van der Waals surface area contributed by atoms with Crippen LogP contribution in [0.3, 0.4) is 0 Å². The molecule has 1 aromatic heterocycles. The van der Waals surface area contributed by atoms with Crippen LogP contribution in [0.15, 0.2) is 48.5 Å². The van der Waals surface area contributed by atoms with Gasteiger partial charge in [0.05, 0.1) is 22.9 Å². The van der Waals surface area contributed by atoms with Crippen LogP contribution in [0.4, 0.5) is 0 Å². The number of aliphatic hydroxyl groups is 1. The lowest BCUT2D eigenvalue weighted by Gasteiger charge is -2.12. The molecule has 4 heteroatoms. The molecule has 0 aliphatic carbocycles. The van der Waals surface area contributed by atoms with Gasteiger partial charge in [0, 0.05) is 5.56 Å². The Hall–Kier alpha value is -1.75. The van der Waals surface area contributed by atoms with E-state index in [0.717, 1.165) is 26.4 Å². The lowest BCUT2D eigenvalue weighted by molar-refractivity contribution is 0.268. The lowest BCUT2D eigenvalue weighted by Crippen LogP contribution is -2.15. The van der Waals surface area contributed by atoms with Gasteiger partial charge in [-0.2, -0.15) is 0 Å². The minimum absolute atomic E-state index is 0.0676. The van der Waals surface area contributed by atoms with Crippen molar-refractivity contribution in [2.24, 2.45) is 5.73 Å². The lowest BCUT2D eigenvalue weighted by atomic mass is 10.0. The highest BCUT2D eigenvalue weighted by atomic mass is 32.1. The number of aliphatic hydroxyl groups excluding tert-OH is 1. The van der Waals surface area contributed by atoms with E-state index in [4.69, 9.17) is 5.73 Å². The van der Waals surface area contributed by atoms with Gasteiger partial charge in [0.25, 0.3) is 0 Å². The Kier molecular flexibility index (Phi) is 3.29. The number of fused-ring (bicyclic) bond motifs is 1. The second kappa shape index (κ2) is 5.09. The summed E-state index contributed by atoms with van der Waals surface area (Å²) in [5.74, 6) is 0. The van der Waals surface area contributed by atoms with E-state index < -0.39 is 0 Å². The van der Waals surface area contributed by atoms with E-state index in [-0.39, 0.29) is 12.6 Å². The molecule has 0 fully saturated rings. The third-order valence-corrected chi connectivity index (χ3v) is 4.15. The molecule has 19 heavy (non-hydrogen) atoms. The molecule has 0 saturated carbocycles. The van der Waals surface area contributed by atoms with Gasteiger partial charge in [-0.25, -0.2) is 4.98 Å². The van der Waals surface area contributed by atoms with Gasteiger partial charge in [-0.1, -0.05) is 36.4 Å². The second-order valence-corrected chi connectivity index (χ2v) is 5.39. The third kappa shape index (κ3) is 2.26. The molecule has 2 aromatic carbocycles. The summed E-state index contributed by atoms with van der Waals surface area (Å²) in [7, 11) is 0. The average molecular weight is 270 g/mol. The van der Waals surface area contributed by atoms with E-state index in [1.54, 1.807) is 11.3 Å². The quantitative estimate of drug-likeness (QED) is 0.769. The summed E-state index contributed by atoms with van der Waals surface area (Å²) in [6, 6.07) is 15.5. The smallest absolute Gasteiger partial charge is 0.124 e. The molecule has 3 nitrogen and oxygen atoms in total. The maximum absolute atomic E-state index is 9.26. The maximum atomic E-state index is 9.26. The summed E-state index contributed by atoms with van der Waals surface area (Å²) in [6.45, 7) is -0.0676. The van der Waals surface area contributed by atoms with Crippen LogP contribution in [-0.2, 0) is 0 Å². The molecular weight excluding hydrogens is 256 g/mol. The van der Waals surface area contributed by atoms with E-state index in [1.165, 1.54) is 0 Å². The van der Waals surface area contributed by atoms with Gasteiger partial charge in [0.2, 0.25) is 0 Å². The molecule has 0 spiro atoms. The second-order valence-electron chi connectivity index (χ2n) is 4.36. The average Bonchev–Trinajstić information content (AvgIpc) is 2.90. The summed E-state index contributed by atoms with van der Waals surface area (Å²) < 4.78 is 1.16. The molecule has 3 rings (SSSR count). The van der Waals surface area contributed by atoms with E-state index in [2.05, 4.69) is 11.1 Å². The van der Waals surface area contributed by atoms with E-state index in [9.17, 15) is 5.11 Å². The maximum Gasteiger partial charge on any atom is 0.124 e. The van der Waals surface area contributed by atoms with Crippen molar-refractivity contribution >= 4 is 21.6 Å². The van der Waals surface area contributed by atoms with Gasteiger partial charge in [-0.15, -0.1) is 11.3 Å². The number of rotatable bonds is 3. The first-order chi connectivity index (χ1) is 9.29. The number of aromatic nitrogens is 1. The highest BCUT2D eigenvalue weighted by Crippen LogP contribution is 2.33. The van der Waals surface area contributed by atoms with Crippen LogP contribution >= 0.6 is 11.3 Å². The van der Waals surface area contributed by atoms with Gasteiger partial charge < -0.3 is 10.8 Å². The first-order valence-electron chi connectivity index (χ1n) is 6.11. The van der Waals surface area contributed by atoms with Gasteiger partial charge in [-0.3, -0.25) is 0 Å². The molecule has 0 aliphatic rings. The van der Waals surface area contributed by atoms with Crippen molar-refractivity contribution in [3.8, 4) is 10.6 Å². The summed E-state index contributed by atoms with van der Waals surface area (Å²) in [4.78, 5) is 4.64. The fourth-order valence-corrected chi connectivity index (χ4v) is 3.11. The van der Waals surface area contributed by atoms with Crippen LogP contribution in [0.25, 0.3) is 20.8 Å². The number of benzene rings is 2. The number of hydrogen-bond acceptors (Lipinski definition) is 4. The van der Waals surface area contributed by atoms with Gasteiger partial charge in [-0.05, 0) is 17.7 Å². The fourth-order valence-electron chi connectivity index (χ4n) is 2.10. The van der Waals surface area contributed by atoms with Crippen LogP contribution < -0.4 is 5.73 Å². The first kappa shape index (κ1) is 12.3. The summed E-state index contributed by atoms with van der Waals surface area (Å²) in [5, 5.41) is 10.2. The highest BCUT2D eigenvalue weighted by Gasteiger charge is 2.14. The zero-order valence-electron chi connectivity index (χ0n) is 10.3. The predicted octanol–water partition coefficient (Wildman–Crippen LogP) is 2.96. The normalized spacial score (nSPS) is 12.7.